The standard InChI is InChI=1S/C19H24N4O2S/c1-14-17(26-13-21-14)8-10-22(2)19(25)15-6-7-18(24)23(11-15)12-16-5-3-4-9-20-16/h3-5,9,13,15H,6-8,10-12H2,1-2H3/t15-/m0/s1. The Kier molecular flexibility index (Phi) is 5.98. The van der Waals surface area contributed by atoms with Gasteiger partial charge in [-0.3, -0.25) is 14.6 Å². The predicted molar refractivity (Wildman–Crippen MR) is 101 cm³/mol. The number of amides is 2. The third-order valence-electron chi connectivity index (χ3n) is 4.82. The molecule has 3 heterocycles. The first-order chi connectivity index (χ1) is 12.5. The minimum atomic E-state index is -0.135. The number of rotatable bonds is 6. The van der Waals surface area contributed by atoms with Gasteiger partial charge in [0.15, 0.2) is 0 Å². The van der Waals surface area contributed by atoms with Gasteiger partial charge in [0.2, 0.25) is 11.8 Å². The van der Waals surface area contributed by atoms with Crippen molar-refractivity contribution in [1.29, 1.82) is 0 Å². The van der Waals surface area contributed by atoms with Crippen molar-refractivity contribution < 1.29 is 9.59 Å². The van der Waals surface area contributed by atoms with Gasteiger partial charge in [-0.1, -0.05) is 6.07 Å². The number of hydrogen-bond donors (Lipinski definition) is 0. The molecule has 1 atom stereocenters. The SMILES string of the molecule is Cc1ncsc1CCN(C)C(=O)[C@H]1CCC(=O)N(Cc2ccccn2)C1. The summed E-state index contributed by atoms with van der Waals surface area (Å²) in [6, 6.07) is 5.67. The van der Waals surface area contributed by atoms with E-state index in [1.54, 1.807) is 27.3 Å². The summed E-state index contributed by atoms with van der Waals surface area (Å²) in [5, 5.41) is 0. The summed E-state index contributed by atoms with van der Waals surface area (Å²) < 4.78 is 0. The van der Waals surface area contributed by atoms with Crippen molar-refractivity contribution in [2.24, 2.45) is 5.92 Å². The number of aromatic nitrogens is 2. The number of carbonyl (C=O) groups is 2. The van der Waals surface area contributed by atoms with Crippen LogP contribution < -0.4 is 0 Å². The molecule has 26 heavy (non-hydrogen) atoms. The zero-order chi connectivity index (χ0) is 18.5. The van der Waals surface area contributed by atoms with Crippen LogP contribution in [0.1, 0.15) is 29.1 Å². The van der Waals surface area contributed by atoms with Crippen molar-refractivity contribution in [1.82, 2.24) is 19.8 Å². The molecule has 0 aliphatic carbocycles. The minimum absolute atomic E-state index is 0.0997. The molecule has 0 N–H and O–H groups in total. The van der Waals surface area contributed by atoms with Gasteiger partial charge in [0.1, 0.15) is 0 Å². The molecule has 138 valence electrons. The molecule has 2 aromatic rings. The van der Waals surface area contributed by atoms with Crippen LogP contribution >= 0.6 is 11.3 Å². The van der Waals surface area contributed by atoms with E-state index in [1.165, 1.54) is 4.88 Å². The van der Waals surface area contributed by atoms with Gasteiger partial charge in [-0.2, -0.15) is 0 Å². The fraction of sp³-hybridized carbons (Fsp3) is 0.474. The number of likely N-dealkylation sites (tertiary alicyclic amines) is 1. The Labute approximate surface area is 157 Å². The van der Waals surface area contributed by atoms with Gasteiger partial charge >= 0.3 is 0 Å². The molecule has 1 aliphatic heterocycles. The van der Waals surface area contributed by atoms with Crippen LogP contribution in [0.4, 0.5) is 0 Å². The van der Waals surface area contributed by atoms with Gasteiger partial charge < -0.3 is 9.80 Å². The zero-order valence-corrected chi connectivity index (χ0v) is 16.0. The zero-order valence-electron chi connectivity index (χ0n) is 15.2. The highest BCUT2D eigenvalue weighted by Gasteiger charge is 2.31. The van der Waals surface area contributed by atoms with E-state index in [0.717, 1.165) is 17.8 Å². The van der Waals surface area contributed by atoms with Gasteiger partial charge in [-0.25, -0.2) is 4.98 Å². The molecule has 1 aliphatic rings. The summed E-state index contributed by atoms with van der Waals surface area (Å²) >= 11 is 1.63. The number of pyridine rings is 1. The van der Waals surface area contributed by atoms with Crippen molar-refractivity contribution in [2.75, 3.05) is 20.1 Å². The molecule has 3 rings (SSSR count). The molecule has 2 aromatic heterocycles. The van der Waals surface area contributed by atoms with Gasteiger partial charge in [-0.15, -0.1) is 11.3 Å². The molecule has 0 unspecified atom stereocenters. The fourth-order valence-electron chi connectivity index (χ4n) is 3.21. The molecule has 0 saturated carbocycles. The van der Waals surface area contributed by atoms with E-state index in [4.69, 9.17) is 0 Å². The third-order valence-corrected chi connectivity index (χ3v) is 5.82. The second-order valence-electron chi connectivity index (χ2n) is 6.70. The number of likely N-dealkylation sites (N-methyl/N-ethyl adjacent to an activating group) is 1. The summed E-state index contributed by atoms with van der Waals surface area (Å²) in [5.41, 5.74) is 3.73. The van der Waals surface area contributed by atoms with Crippen LogP contribution in [0.2, 0.25) is 0 Å². The second kappa shape index (κ2) is 8.40. The highest BCUT2D eigenvalue weighted by Crippen LogP contribution is 2.21. The highest BCUT2D eigenvalue weighted by molar-refractivity contribution is 7.09. The molecule has 2 amide bonds. The molecule has 0 spiro atoms. The highest BCUT2D eigenvalue weighted by atomic mass is 32.1. The van der Waals surface area contributed by atoms with E-state index in [9.17, 15) is 9.59 Å². The van der Waals surface area contributed by atoms with Crippen LogP contribution in [0, 0.1) is 12.8 Å². The fourth-order valence-corrected chi connectivity index (χ4v) is 3.98. The quantitative estimate of drug-likeness (QED) is 0.780. The molecule has 1 saturated heterocycles. The number of nitrogens with zero attached hydrogens (tertiary/aromatic N) is 4. The van der Waals surface area contributed by atoms with Gasteiger partial charge in [0.25, 0.3) is 0 Å². The molecule has 1 fully saturated rings. The maximum absolute atomic E-state index is 12.8. The van der Waals surface area contributed by atoms with E-state index in [2.05, 4.69) is 9.97 Å². The van der Waals surface area contributed by atoms with E-state index in [0.29, 0.717) is 32.5 Å². The number of thiazole rings is 1. The Hall–Kier alpha value is -2.28. The van der Waals surface area contributed by atoms with Crippen LogP contribution in [0.25, 0.3) is 0 Å². The summed E-state index contributed by atoms with van der Waals surface area (Å²) in [7, 11) is 1.85. The lowest BCUT2D eigenvalue weighted by Crippen LogP contribution is -2.46. The largest absolute Gasteiger partial charge is 0.345 e. The van der Waals surface area contributed by atoms with Crippen LogP contribution in [0.5, 0.6) is 0 Å². The number of aryl methyl sites for hydroxylation is 1. The molecule has 6 nitrogen and oxygen atoms in total. The van der Waals surface area contributed by atoms with E-state index in [-0.39, 0.29) is 17.7 Å². The molecule has 7 heteroatoms. The summed E-state index contributed by atoms with van der Waals surface area (Å²) in [6.45, 7) is 3.61. The van der Waals surface area contributed by atoms with Crippen molar-refractivity contribution in [3.05, 3.63) is 46.2 Å². The number of piperidine rings is 1. The first kappa shape index (κ1) is 18.5. The Morgan fingerprint density at radius 2 is 2.23 bits per heavy atom. The van der Waals surface area contributed by atoms with Gasteiger partial charge in [0.05, 0.1) is 29.4 Å². The van der Waals surface area contributed by atoms with E-state index >= 15 is 0 Å². The maximum Gasteiger partial charge on any atom is 0.227 e. The van der Waals surface area contributed by atoms with E-state index in [1.807, 2.05) is 37.7 Å². The lowest BCUT2D eigenvalue weighted by atomic mass is 9.96. The summed E-state index contributed by atoms with van der Waals surface area (Å²) in [6.07, 6.45) is 3.59. The summed E-state index contributed by atoms with van der Waals surface area (Å²) in [4.78, 5) is 38.3. The maximum atomic E-state index is 12.8. The van der Waals surface area contributed by atoms with E-state index < -0.39 is 0 Å². The van der Waals surface area contributed by atoms with Crippen molar-refractivity contribution in [3.8, 4) is 0 Å². The Bertz CT molecular complexity index is 762. The van der Waals surface area contributed by atoms with Crippen LogP contribution in [0.15, 0.2) is 29.9 Å². The Balaban J connectivity index is 1.56. The summed E-state index contributed by atoms with van der Waals surface area (Å²) in [5.74, 6) is 0.0808. The smallest absolute Gasteiger partial charge is 0.227 e. The number of hydrogen-bond acceptors (Lipinski definition) is 5. The first-order valence-corrected chi connectivity index (χ1v) is 9.74. The predicted octanol–water partition coefficient (Wildman–Crippen LogP) is 2.29. The van der Waals surface area contributed by atoms with Gasteiger partial charge in [0, 0.05) is 44.1 Å². The third kappa shape index (κ3) is 4.46. The molecule has 0 aromatic carbocycles. The van der Waals surface area contributed by atoms with Crippen LogP contribution in [-0.2, 0) is 22.6 Å². The second-order valence-corrected chi connectivity index (χ2v) is 7.64. The lowest BCUT2D eigenvalue weighted by Gasteiger charge is -2.33. The Morgan fingerprint density at radius 3 is 2.92 bits per heavy atom. The van der Waals surface area contributed by atoms with Crippen LogP contribution in [0.3, 0.4) is 0 Å². The van der Waals surface area contributed by atoms with Crippen molar-refractivity contribution in [2.45, 2.75) is 32.7 Å². The average Bonchev–Trinajstić information content (AvgIpc) is 3.06. The molecule has 0 radical (unpaired) electrons. The van der Waals surface area contributed by atoms with Crippen molar-refractivity contribution in [3.63, 3.8) is 0 Å². The topological polar surface area (TPSA) is 66.4 Å². The minimum Gasteiger partial charge on any atom is -0.345 e. The van der Waals surface area contributed by atoms with Gasteiger partial charge in [-0.05, 0) is 25.5 Å². The lowest BCUT2D eigenvalue weighted by molar-refractivity contribution is -0.142. The average molecular weight is 372 g/mol. The Morgan fingerprint density at radius 1 is 1.38 bits per heavy atom. The normalized spacial score (nSPS) is 17.4. The van der Waals surface area contributed by atoms with Crippen LogP contribution in [-0.4, -0.2) is 51.7 Å². The monoisotopic (exact) mass is 372 g/mol. The molecular weight excluding hydrogens is 348 g/mol. The molecule has 0 bridgehead atoms. The number of carbonyl (C=O) groups excluding carboxylic acids is 2. The molecular formula is C19H24N4O2S. The van der Waals surface area contributed by atoms with Crippen molar-refractivity contribution >= 4 is 23.2 Å². The first-order valence-electron chi connectivity index (χ1n) is 8.86.